The summed E-state index contributed by atoms with van der Waals surface area (Å²) in [6.45, 7) is 2.00. The molecule has 2 heteroatoms. The van der Waals surface area contributed by atoms with Crippen LogP contribution >= 0.6 is 0 Å². The second-order valence-corrected chi connectivity index (χ2v) is 3.23. The van der Waals surface area contributed by atoms with Crippen LogP contribution in [0.3, 0.4) is 0 Å². The van der Waals surface area contributed by atoms with Crippen molar-refractivity contribution in [2.75, 3.05) is 0 Å². The molecule has 0 spiro atoms. The molecule has 0 aliphatic carbocycles. The van der Waals surface area contributed by atoms with Crippen LogP contribution in [0.1, 0.15) is 18.5 Å². The van der Waals surface area contributed by atoms with Crippen LogP contribution in [0.4, 0.5) is 0 Å². The first-order chi connectivity index (χ1) is 6.29. The Morgan fingerprint density at radius 3 is 2.92 bits per heavy atom. The third-order valence-corrected chi connectivity index (χ3v) is 2.21. The lowest BCUT2D eigenvalue weighted by Crippen LogP contribution is -2.05. The van der Waals surface area contributed by atoms with Gasteiger partial charge < -0.3 is 5.73 Å². The summed E-state index contributed by atoms with van der Waals surface area (Å²) in [6, 6.07) is 8.21. The molecule has 0 radical (unpaired) electrons. The van der Waals surface area contributed by atoms with Crippen LogP contribution in [0.25, 0.3) is 10.8 Å². The van der Waals surface area contributed by atoms with Gasteiger partial charge in [0, 0.05) is 23.8 Å². The molecule has 2 N–H and O–H groups in total. The molecule has 0 aliphatic heterocycles. The molecule has 1 aromatic heterocycles. The highest BCUT2D eigenvalue weighted by Gasteiger charge is 2.03. The highest BCUT2D eigenvalue weighted by atomic mass is 14.6. The third kappa shape index (κ3) is 1.40. The van der Waals surface area contributed by atoms with E-state index in [9.17, 15) is 0 Å². The molecule has 0 fully saturated rings. The van der Waals surface area contributed by atoms with Gasteiger partial charge in [-0.3, -0.25) is 4.98 Å². The van der Waals surface area contributed by atoms with Crippen molar-refractivity contribution in [1.29, 1.82) is 0 Å². The van der Waals surface area contributed by atoms with Gasteiger partial charge >= 0.3 is 0 Å². The van der Waals surface area contributed by atoms with Crippen LogP contribution < -0.4 is 5.73 Å². The van der Waals surface area contributed by atoms with Crippen LogP contribution in [0.15, 0.2) is 36.7 Å². The molecule has 0 saturated heterocycles. The van der Waals surface area contributed by atoms with Gasteiger partial charge in [-0.1, -0.05) is 18.2 Å². The molecule has 2 rings (SSSR count). The molecule has 13 heavy (non-hydrogen) atoms. The summed E-state index contributed by atoms with van der Waals surface area (Å²) in [5.41, 5.74) is 7.04. The Morgan fingerprint density at radius 2 is 2.15 bits per heavy atom. The molecular weight excluding hydrogens is 160 g/mol. The zero-order valence-electron chi connectivity index (χ0n) is 7.57. The highest BCUT2D eigenvalue weighted by molar-refractivity contribution is 5.85. The normalized spacial score (nSPS) is 13.1. The Balaban J connectivity index is 2.76. The maximum atomic E-state index is 5.86. The van der Waals surface area contributed by atoms with Gasteiger partial charge in [0.2, 0.25) is 0 Å². The van der Waals surface area contributed by atoms with E-state index in [1.807, 2.05) is 31.3 Å². The van der Waals surface area contributed by atoms with Crippen LogP contribution in [0.2, 0.25) is 0 Å². The Kier molecular flexibility index (Phi) is 1.99. The summed E-state index contributed by atoms with van der Waals surface area (Å²) in [5, 5.41) is 2.35. The molecule has 2 aromatic rings. The van der Waals surface area contributed by atoms with E-state index in [1.165, 1.54) is 10.9 Å². The zero-order chi connectivity index (χ0) is 9.26. The van der Waals surface area contributed by atoms with Gasteiger partial charge in [0.1, 0.15) is 0 Å². The van der Waals surface area contributed by atoms with E-state index in [4.69, 9.17) is 5.73 Å². The molecule has 0 saturated carbocycles. The van der Waals surface area contributed by atoms with Gasteiger partial charge in [0.15, 0.2) is 0 Å². The molecule has 0 amide bonds. The predicted molar refractivity (Wildman–Crippen MR) is 54.3 cm³/mol. The molecular formula is C11H12N2. The van der Waals surface area contributed by atoms with Crippen LogP contribution in [0.5, 0.6) is 0 Å². The molecule has 0 unspecified atom stereocenters. The lowest BCUT2D eigenvalue weighted by molar-refractivity contribution is 0.826. The van der Waals surface area contributed by atoms with Crippen molar-refractivity contribution < 1.29 is 0 Å². The summed E-state index contributed by atoms with van der Waals surface area (Å²) in [6.07, 6.45) is 3.66. The fourth-order valence-corrected chi connectivity index (χ4v) is 1.54. The number of fused-ring (bicyclic) bond motifs is 1. The van der Waals surface area contributed by atoms with Crippen LogP contribution in [0, 0.1) is 0 Å². The summed E-state index contributed by atoms with van der Waals surface area (Å²) >= 11 is 0. The van der Waals surface area contributed by atoms with E-state index >= 15 is 0 Å². The monoisotopic (exact) mass is 172 g/mol. The number of nitrogens with two attached hydrogens (primary N) is 1. The number of nitrogens with zero attached hydrogens (tertiary/aromatic N) is 1. The number of rotatable bonds is 1. The highest BCUT2D eigenvalue weighted by Crippen LogP contribution is 2.21. The average molecular weight is 172 g/mol. The first kappa shape index (κ1) is 8.20. The topological polar surface area (TPSA) is 38.9 Å². The summed E-state index contributed by atoms with van der Waals surface area (Å²) in [7, 11) is 0. The summed E-state index contributed by atoms with van der Waals surface area (Å²) < 4.78 is 0. The minimum atomic E-state index is 0.0751. The quantitative estimate of drug-likeness (QED) is 0.716. The van der Waals surface area contributed by atoms with Gasteiger partial charge in [-0.25, -0.2) is 0 Å². The Bertz CT molecular complexity index is 416. The van der Waals surface area contributed by atoms with Crippen molar-refractivity contribution in [3.63, 3.8) is 0 Å². The number of hydrogen-bond acceptors (Lipinski definition) is 2. The van der Waals surface area contributed by atoms with E-state index in [2.05, 4.69) is 11.1 Å². The number of aromatic nitrogens is 1. The Labute approximate surface area is 77.4 Å². The van der Waals surface area contributed by atoms with E-state index in [1.54, 1.807) is 6.20 Å². The lowest BCUT2D eigenvalue weighted by atomic mass is 10.0. The maximum Gasteiger partial charge on any atom is 0.0346 e. The van der Waals surface area contributed by atoms with Crippen molar-refractivity contribution in [1.82, 2.24) is 4.98 Å². The van der Waals surface area contributed by atoms with E-state index in [-0.39, 0.29) is 6.04 Å². The standard InChI is InChI=1S/C11H12N2/c1-8(12)10-4-2-3-9-7-13-6-5-11(9)10/h2-8H,12H2,1H3/t8-/m1/s1. The van der Waals surface area contributed by atoms with Gasteiger partial charge in [0.25, 0.3) is 0 Å². The second kappa shape index (κ2) is 3.15. The first-order valence-corrected chi connectivity index (χ1v) is 4.37. The van der Waals surface area contributed by atoms with Gasteiger partial charge in [0.05, 0.1) is 0 Å². The number of benzene rings is 1. The minimum Gasteiger partial charge on any atom is -0.324 e. The van der Waals surface area contributed by atoms with Crippen molar-refractivity contribution >= 4 is 10.8 Å². The smallest absolute Gasteiger partial charge is 0.0346 e. The summed E-state index contributed by atoms with van der Waals surface area (Å²) in [5.74, 6) is 0. The fourth-order valence-electron chi connectivity index (χ4n) is 1.54. The Hall–Kier alpha value is -1.41. The molecule has 1 aromatic carbocycles. The molecule has 66 valence electrons. The van der Waals surface area contributed by atoms with E-state index in [0.717, 1.165) is 5.39 Å². The van der Waals surface area contributed by atoms with Crippen LogP contribution in [-0.4, -0.2) is 4.98 Å². The number of pyridine rings is 1. The average Bonchev–Trinajstić information content (AvgIpc) is 2.17. The van der Waals surface area contributed by atoms with Crippen molar-refractivity contribution in [2.45, 2.75) is 13.0 Å². The predicted octanol–water partition coefficient (Wildman–Crippen LogP) is 2.25. The first-order valence-electron chi connectivity index (χ1n) is 4.37. The molecule has 1 atom stereocenters. The Morgan fingerprint density at radius 1 is 1.31 bits per heavy atom. The minimum absolute atomic E-state index is 0.0751. The van der Waals surface area contributed by atoms with Gasteiger partial charge in [-0.15, -0.1) is 0 Å². The van der Waals surface area contributed by atoms with Crippen LogP contribution in [-0.2, 0) is 0 Å². The molecule has 1 heterocycles. The van der Waals surface area contributed by atoms with E-state index < -0.39 is 0 Å². The molecule has 0 bridgehead atoms. The molecule has 2 nitrogen and oxygen atoms in total. The van der Waals surface area contributed by atoms with E-state index in [0.29, 0.717) is 0 Å². The second-order valence-electron chi connectivity index (χ2n) is 3.23. The SMILES string of the molecule is C[C@@H](N)c1cccc2cnccc12. The largest absolute Gasteiger partial charge is 0.324 e. The summed E-state index contributed by atoms with van der Waals surface area (Å²) in [4.78, 5) is 4.07. The van der Waals surface area contributed by atoms with Crippen molar-refractivity contribution in [3.05, 3.63) is 42.2 Å². The third-order valence-electron chi connectivity index (χ3n) is 2.21. The van der Waals surface area contributed by atoms with Crippen molar-refractivity contribution in [2.24, 2.45) is 5.73 Å². The lowest BCUT2D eigenvalue weighted by Gasteiger charge is -2.08. The van der Waals surface area contributed by atoms with Gasteiger partial charge in [-0.2, -0.15) is 0 Å². The van der Waals surface area contributed by atoms with Gasteiger partial charge in [-0.05, 0) is 23.9 Å². The van der Waals surface area contributed by atoms with Crippen molar-refractivity contribution in [3.8, 4) is 0 Å². The fraction of sp³-hybridized carbons (Fsp3) is 0.182. The maximum absolute atomic E-state index is 5.86. The molecule has 0 aliphatic rings. The number of hydrogen-bond donors (Lipinski definition) is 1. The zero-order valence-corrected chi connectivity index (χ0v) is 7.57.